The van der Waals surface area contributed by atoms with Crippen molar-refractivity contribution in [2.75, 3.05) is 7.11 Å². The van der Waals surface area contributed by atoms with E-state index in [4.69, 9.17) is 10.5 Å². The predicted molar refractivity (Wildman–Crippen MR) is 49.0 cm³/mol. The van der Waals surface area contributed by atoms with Crippen molar-refractivity contribution in [1.82, 2.24) is 4.98 Å². The first kappa shape index (κ1) is 11.5. The van der Waals surface area contributed by atoms with Gasteiger partial charge in [0.2, 0.25) is 0 Å². The number of aldehydes is 1. The van der Waals surface area contributed by atoms with Gasteiger partial charge in [0.05, 0.1) is 18.9 Å². The summed E-state index contributed by atoms with van der Waals surface area (Å²) in [4.78, 5) is 14.2. The second kappa shape index (κ2) is 4.79. The number of halogens is 2. The number of ether oxygens (including phenoxy) is 1. The second-order valence-corrected chi connectivity index (χ2v) is 2.73. The molecule has 0 aliphatic rings. The van der Waals surface area contributed by atoms with Gasteiger partial charge in [0.15, 0.2) is 6.29 Å². The fraction of sp³-hybridized carbons (Fsp3) is 0.333. The van der Waals surface area contributed by atoms with Crippen LogP contribution < -0.4 is 10.5 Å². The lowest BCUT2D eigenvalue weighted by atomic mass is 10.1. The summed E-state index contributed by atoms with van der Waals surface area (Å²) in [6.45, 7) is -0.183. The number of alkyl halides is 2. The summed E-state index contributed by atoms with van der Waals surface area (Å²) in [7, 11) is 1.33. The van der Waals surface area contributed by atoms with Crippen molar-refractivity contribution < 1.29 is 18.3 Å². The Balaban J connectivity index is 3.40. The number of pyridine rings is 1. The van der Waals surface area contributed by atoms with Gasteiger partial charge in [-0.3, -0.25) is 9.78 Å². The van der Waals surface area contributed by atoms with Gasteiger partial charge in [-0.05, 0) is 0 Å². The van der Waals surface area contributed by atoms with Gasteiger partial charge in [0, 0.05) is 12.1 Å². The normalized spacial score (nSPS) is 10.5. The number of hydrogen-bond donors (Lipinski definition) is 1. The first-order chi connectivity index (χ1) is 7.15. The average Bonchev–Trinajstić information content (AvgIpc) is 2.26. The van der Waals surface area contributed by atoms with Crippen molar-refractivity contribution in [3.8, 4) is 5.75 Å². The van der Waals surface area contributed by atoms with Crippen molar-refractivity contribution in [3.05, 3.63) is 23.0 Å². The minimum atomic E-state index is -2.76. The molecule has 0 aliphatic heterocycles. The van der Waals surface area contributed by atoms with E-state index >= 15 is 0 Å². The van der Waals surface area contributed by atoms with Gasteiger partial charge in [-0.25, -0.2) is 8.78 Å². The number of carbonyl (C=O) groups is 1. The van der Waals surface area contributed by atoms with Crippen molar-refractivity contribution in [2.24, 2.45) is 5.73 Å². The molecule has 1 aromatic rings. The molecule has 1 rings (SSSR count). The molecule has 0 spiro atoms. The number of carbonyl (C=O) groups excluding carboxylic acids is 1. The standard InChI is InChI=1S/C9H10F2N2O2/c1-15-7-3-13-8(9(10)11)5(2-12)6(7)4-14/h3-4,9H,2,12H2,1H3. The van der Waals surface area contributed by atoms with E-state index < -0.39 is 12.1 Å². The fourth-order valence-corrected chi connectivity index (χ4v) is 1.26. The highest BCUT2D eigenvalue weighted by Gasteiger charge is 2.19. The largest absolute Gasteiger partial charge is 0.494 e. The van der Waals surface area contributed by atoms with Crippen LogP contribution in [0.1, 0.15) is 28.0 Å². The summed E-state index contributed by atoms with van der Waals surface area (Å²) < 4.78 is 29.8. The van der Waals surface area contributed by atoms with Crippen LogP contribution in [0.2, 0.25) is 0 Å². The molecule has 0 fully saturated rings. The Kier molecular flexibility index (Phi) is 3.68. The maximum absolute atomic E-state index is 12.5. The van der Waals surface area contributed by atoms with Gasteiger partial charge in [-0.15, -0.1) is 0 Å². The van der Waals surface area contributed by atoms with E-state index in [-0.39, 0.29) is 23.4 Å². The zero-order valence-electron chi connectivity index (χ0n) is 8.04. The van der Waals surface area contributed by atoms with Crippen LogP contribution in [0.3, 0.4) is 0 Å². The van der Waals surface area contributed by atoms with Gasteiger partial charge in [0.25, 0.3) is 6.43 Å². The molecule has 0 aromatic carbocycles. The molecular formula is C9H10F2N2O2. The molecule has 1 heterocycles. The van der Waals surface area contributed by atoms with Crippen LogP contribution in [-0.4, -0.2) is 18.4 Å². The van der Waals surface area contributed by atoms with E-state index in [2.05, 4.69) is 4.98 Å². The molecule has 0 amide bonds. The molecule has 0 saturated carbocycles. The van der Waals surface area contributed by atoms with Crippen LogP contribution in [0.5, 0.6) is 5.75 Å². The van der Waals surface area contributed by atoms with E-state index in [9.17, 15) is 13.6 Å². The molecule has 0 bridgehead atoms. The summed E-state index contributed by atoms with van der Waals surface area (Å²) in [6.07, 6.45) is -1.23. The molecule has 0 aliphatic carbocycles. The minimum absolute atomic E-state index is 0.0272. The summed E-state index contributed by atoms with van der Waals surface area (Å²) in [5, 5.41) is 0. The molecule has 15 heavy (non-hydrogen) atoms. The Morgan fingerprint density at radius 1 is 1.67 bits per heavy atom. The first-order valence-corrected chi connectivity index (χ1v) is 4.14. The third-order valence-corrected chi connectivity index (χ3v) is 1.97. The molecule has 0 saturated heterocycles. The van der Waals surface area contributed by atoms with Crippen LogP contribution in [0.4, 0.5) is 8.78 Å². The highest BCUT2D eigenvalue weighted by atomic mass is 19.3. The van der Waals surface area contributed by atoms with Crippen molar-refractivity contribution in [2.45, 2.75) is 13.0 Å². The third kappa shape index (κ3) is 2.10. The molecule has 1 aromatic heterocycles. The molecule has 0 unspecified atom stereocenters. The number of hydrogen-bond acceptors (Lipinski definition) is 4. The Labute approximate surface area is 85.1 Å². The predicted octanol–water partition coefficient (Wildman–Crippen LogP) is 1.30. The van der Waals surface area contributed by atoms with Crippen LogP contribution in [-0.2, 0) is 6.54 Å². The van der Waals surface area contributed by atoms with Crippen LogP contribution in [0, 0.1) is 0 Å². The van der Waals surface area contributed by atoms with Crippen molar-refractivity contribution in [1.29, 1.82) is 0 Å². The highest BCUT2D eigenvalue weighted by molar-refractivity contribution is 5.81. The monoisotopic (exact) mass is 216 g/mol. The van der Waals surface area contributed by atoms with Crippen LogP contribution >= 0.6 is 0 Å². The van der Waals surface area contributed by atoms with Gasteiger partial charge < -0.3 is 10.5 Å². The van der Waals surface area contributed by atoms with Crippen molar-refractivity contribution >= 4 is 6.29 Å². The Bertz CT molecular complexity index is 369. The lowest BCUT2D eigenvalue weighted by Gasteiger charge is -2.11. The molecule has 0 atom stereocenters. The Morgan fingerprint density at radius 2 is 2.33 bits per heavy atom. The topological polar surface area (TPSA) is 65.2 Å². The summed E-state index contributed by atoms with van der Waals surface area (Å²) in [5.74, 6) is 0.148. The number of rotatable bonds is 4. The number of aromatic nitrogens is 1. The van der Waals surface area contributed by atoms with E-state index in [1.807, 2.05) is 0 Å². The van der Waals surface area contributed by atoms with Crippen LogP contribution in [0.25, 0.3) is 0 Å². The molecule has 6 heteroatoms. The van der Waals surface area contributed by atoms with Gasteiger partial charge in [0.1, 0.15) is 11.4 Å². The number of methoxy groups -OCH3 is 1. The molecule has 82 valence electrons. The maximum Gasteiger partial charge on any atom is 0.280 e. The van der Waals surface area contributed by atoms with Crippen LogP contribution in [0.15, 0.2) is 6.20 Å². The highest BCUT2D eigenvalue weighted by Crippen LogP contribution is 2.27. The molecule has 2 N–H and O–H groups in total. The fourth-order valence-electron chi connectivity index (χ4n) is 1.26. The van der Waals surface area contributed by atoms with E-state index in [0.29, 0.717) is 6.29 Å². The third-order valence-electron chi connectivity index (χ3n) is 1.97. The van der Waals surface area contributed by atoms with E-state index in [1.54, 1.807) is 0 Å². The lowest BCUT2D eigenvalue weighted by Crippen LogP contribution is -2.09. The zero-order chi connectivity index (χ0) is 11.4. The summed E-state index contributed by atoms with van der Waals surface area (Å²) in [5.41, 5.74) is 4.89. The Morgan fingerprint density at radius 3 is 2.73 bits per heavy atom. The van der Waals surface area contributed by atoms with Gasteiger partial charge >= 0.3 is 0 Å². The SMILES string of the molecule is COc1cnc(C(F)F)c(CN)c1C=O. The quantitative estimate of drug-likeness (QED) is 0.770. The number of nitrogens with two attached hydrogens (primary N) is 1. The Hall–Kier alpha value is -1.56. The molecule has 4 nitrogen and oxygen atoms in total. The minimum Gasteiger partial charge on any atom is -0.494 e. The van der Waals surface area contributed by atoms with E-state index in [0.717, 1.165) is 6.20 Å². The summed E-state index contributed by atoms with van der Waals surface area (Å²) >= 11 is 0. The smallest absolute Gasteiger partial charge is 0.280 e. The maximum atomic E-state index is 12.5. The average molecular weight is 216 g/mol. The van der Waals surface area contributed by atoms with Gasteiger partial charge in [-0.2, -0.15) is 0 Å². The zero-order valence-corrected chi connectivity index (χ0v) is 8.04. The first-order valence-electron chi connectivity index (χ1n) is 4.14. The second-order valence-electron chi connectivity index (χ2n) is 2.73. The van der Waals surface area contributed by atoms with E-state index in [1.165, 1.54) is 7.11 Å². The number of nitrogens with zero attached hydrogens (tertiary/aromatic N) is 1. The lowest BCUT2D eigenvalue weighted by molar-refractivity contribution is 0.111. The van der Waals surface area contributed by atoms with Gasteiger partial charge in [-0.1, -0.05) is 0 Å². The molecule has 0 radical (unpaired) electrons. The van der Waals surface area contributed by atoms with Crippen molar-refractivity contribution in [3.63, 3.8) is 0 Å². The molecular weight excluding hydrogens is 206 g/mol. The summed E-state index contributed by atoms with van der Waals surface area (Å²) in [6, 6.07) is 0.